The van der Waals surface area contributed by atoms with Gasteiger partial charge in [-0.2, -0.15) is 0 Å². The predicted molar refractivity (Wildman–Crippen MR) is 128 cm³/mol. The van der Waals surface area contributed by atoms with Crippen LogP contribution in [0.5, 0.6) is 5.75 Å². The maximum Gasteiger partial charge on any atom is 0.237 e. The maximum atomic E-state index is 14.5. The Bertz CT molecular complexity index is 812. The van der Waals surface area contributed by atoms with Crippen LogP contribution >= 0.6 is 0 Å². The van der Waals surface area contributed by atoms with Crippen LogP contribution in [0.1, 0.15) is 32.6 Å². The topological polar surface area (TPSA) is 88.3 Å². The highest BCUT2D eigenvalue weighted by molar-refractivity contribution is 7.85. The summed E-state index contributed by atoms with van der Waals surface area (Å²) in [7, 11) is 0.157. The first kappa shape index (κ1) is 25.9. The van der Waals surface area contributed by atoms with E-state index in [1.807, 2.05) is 10.4 Å². The Morgan fingerprint density at radius 1 is 1.15 bits per heavy atom. The lowest BCUT2D eigenvalue weighted by Gasteiger charge is -2.43. The van der Waals surface area contributed by atoms with Crippen molar-refractivity contribution in [1.29, 1.82) is 0 Å². The molecular formula is C23H37FN4O4S. The number of nitrogens with two attached hydrogens (primary N) is 1. The minimum absolute atomic E-state index is 0.271. The lowest BCUT2D eigenvalue weighted by molar-refractivity contribution is -0.121. The Morgan fingerprint density at radius 3 is 2.42 bits per heavy atom. The van der Waals surface area contributed by atoms with Crippen molar-refractivity contribution in [2.24, 2.45) is 5.73 Å². The quantitative estimate of drug-likeness (QED) is 0.482. The van der Waals surface area contributed by atoms with Gasteiger partial charge in [0, 0.05) is 64.7 Å². The number of carbonyl (C=O) groups is 1. The summed E-state index contributed by atoms with van der Waals surface area (Å²) in [6.45, 7) is 7.54. The van der Waals surface area contributed by atoms with Crippen LogP contribution in [0.4, 0.5) is 10.1 Å². The van der Waals surface area contributed by atoms with Gasteiger partial charge in [0.1, 0.15) is 15.7 Å². The van der Waals surface area contributed by atoms with E-state index in [0.29, 0.717) is 65.3 Å². The normalized spacial score (nSPS) is 20.5. The van der Waals surface area contributed by atoms with Crippen LogP contribution < -0.4 is 15.4 Å². The Labute approximate surface area is 198 Å². The zero-order valence-electron chi connectivity index (χ0n) is 19.8. The number of ether oxygens (including phenoxy) is 2. The van der Waals surface area contributed by atoms with Gasteiger partial charge in [-0.25, -0.2) is 12.9 Å². The number of hydrogen-bond acceptors (Lipinski definition) is 6. The number of nitrogens with zero attached hydrogens (tertiary/aromatic N) is 3. The second-order valence-electron chi connectivity index (χ2n) is 8.67. The van der Waals surface area contributed by atoms with Crippen LogP contribution in [0, 0.1) is 5.82 Å². The fourth-order valence-electron chi connectivity index (χ4n) is 4.35. The van der Waals surface area contributed by atoms with Gasteiger partial charge in [0.2, 0.25) is 5.91 Å². The molecule has 1 aromatic carbocycles. The van der Waals surface area contributed by atoms with Gasteiger partial charge in [-0.05, 0) is 31.4 Å². The van der Waals surface area contributed by atoms with Crippen LogP contribution in [0.25, 0.3) is 0 Å². The molecule has 0 bridgehead atoms. The molecule has 2 aliphatic heterocycles. The van der Waals surface area contributed by atoms with Gasteiger partial charge in [0.25, 0.3) is 0 Å². The van der Waals surface area contributed by atoms with Crippen LogP contribution in [0.3, 0.4) is 0 Å². The molecular weight excluding hydrogens is 447 g/mol. The lowest BCUT2D eigenvalue weighted by atomic mass is 9.95. The summed E-state index contributed by atoms with van der Waals surface area (Å²) in [6.07, 6.45) is 2.83. The summed E-state index contributed by atoms with van der Waals surface area (Å²) in [5, 5.41) is 0. The van der Waals surface area contributed by atoms with E-state index in [-0.39, 0.29) is 11.6 Å². The third-order valence-electron chi connectivity index (χ3n) is 6.57. The number of likely N-dealkylation sites (tertiary alicyclic amines) is 1. The Morgan fingerprint density at radius 2 is 1.85 bits per heavy atom. The summed E-state index contributed by atoms with van der Waals surface area (Å²) in [5.74, 6) is -0.593. The summed E-state index contributed by atoms with van der Waals surface area (Å²) in [6, 6.07) is 5.02. The van der Waals surface area contributed by atoms with Crippen LogP contribution in [0.2, 0.25) is 0 Å². The largest absolute Gasteiger partial charge is 0.491 e. The van der Waals surface area contributed by atoms with Gasteiger partial charge in [0.15, 0.2) is 11.6 Å². The molecule has 0 radical (unpaired) electrons. The fraction of sp³-hybridized carbons (Fsp3) is 0.696. The average molecular weight is 485 g/mol. The fourth-order valence-corrected chi connectivity index (χ4v) is 6.05. The number of hydrogen-bond donors (Lipinski definition) is 1. The third-order valence-corrected chi connectivity index (χ3v) is 8.68. The number of carbonyl (C=O) groups excluding carboxylic acids is 1. The molecule has 1 aromatic rings. The van der Waals surface area contributed by atoms with E-state index in [9.17, 15) is 13.4 Å². The molecule has 2 heterocycles. The number of primary amides is 1. The standard InChI is InChI=1S/C23H37FN4O4S/c1-3-4-16-32-21-6-5-19(18-20(21)24)27-11-13-28(14-12-27)33(30)23(22(25)29)7-9-26(10-8-23)15-17-31-2/h5-6,18H,3-4,7-17H2,1-2H3,(H2,25,29). The minimum Gasteiger partial charge on any atom is -0.491 e. The molecule has 8 nitrogen and oxygen atoms in total. The third kappa shape index (κ3) is 6.23. The van der Waals surface area contributed by atoms with E-state index in [1.54, 1.807) is 13.2 Å². The first-order chi connectivity index (χ1) is 15.9. The molecule has 10 heteroatoms. The molecule has 186 valence electrons. The predicted octanol–water partition coefficient (Wildman–Crippen LogP) is 1.76. The van der Waals surface area contributed by atoms with Crippen molar-refractivity contribution in [3.8, 4) is 5.75 Å². The molecule has 0 aromatic heterocycles. The first-order valence-corrected chi connectivity index (χ1v) is 12.9. The number of piperidine rings is 1. The molecule has 33 heavy (non-hydrogen) atoms. The van der Waals surface area contributed by atoms with E-state index < -0.39 is 21.6 Å². The van der Waals surface area contributed by atoms with Crippen molar-refractivity contribution in [3.05, 3.63) is 24.0 Å². The van der Waals surface area contributed by atoms with E-state index in [2.05, 4.69) is 16.7 Å². The molecule has 0 saturated carbocycles. The molecule has 2 saturated heterocycles. The summed E-state index contributed by atoms with van der Waals surface area (Å²) >= 11 is 0. The maximum absolute atomic E-state index is 14.5. The van der Waals surface area contributed by atoms with Gasteiger partial charge >= 0.3 is 0 Å². The molecule has 1 amide bonds. The summed E-state index contributed by atoms with van der Waals surface area (Å²) < 4.78 is 39.4. The van der Waals surface area contributed by atoms with Crippen molar-refractivity contribution in [2.45, 2.75) is 37.4 Å². The molecule has 2 fully saturated rings. The Hall–Kier alpha value is -1.75. The van der Waals surface area contributed by atoms with Gasteiger partial charge in [-0.1, -0.05) is 13.3 Å². The van der Waals surface area contributed by atoms with Crippen molar-refractivity contribution in [1.82, 2.24) is 9.21 Å². The van der Waals surface area contributed by atoms with Crippen molar-refractivity contribution in [3.63, 3.8) is 0 Å². The SMILES string of the molecule is CCCCOc1ccc(N2CCN(S(=O)C3(C(N)=O)CCN(CCOC)CC3)CC2)cc1F. The highest BCUT2D eigenvalue weighted by atomic mass is 32.2. The number of halogens is 1. The number of rotatable bonds is 11. The van der Waals surface area contributed by atoms with Gasteiger partial charge < -0.3 is 25.0 Å². The highest BCUT2D eigenvalue weighted by Gasteiger charge is 2.48. The molecule has 1 atom stereocenters. The van der Waals surface area contributed by atoms with Gasteiger partial charge in [-0.3, -0.25) is 4.79 Å². The number of amides is 1. The van der Waals surface area contributed by atoms with Crippen molar-refractivity contribution >= 4 is 22.6 Å². The first-order valence-electron chi connectivity index (χ1n) is 11.8. The van der Waals surface area contributed by atoms with E-state index >= 15 is 0 Å². The van der Waals surface area contributed by atoms with Crippen LogP contribution in [0.15, 0.2) is 18.2 Å². The molecule has 0 spiro atoms. The average Bonchev–Trinajstić information content (AvgIpc) is 2.83. The van der Waals surface area contributed by atoms with E-state index in [0.717, 1.165) is 25.1 Å². The second-order valence-corrected chi connectivity index (χ2v) is 10.5. The van der Waals surface area contributed by atoms with Crippen LogP contribution in [-0.2, 0) is 20.5 Å². The number of anilines is 1. The van der Waals surface area contributed by atoms with Crippen molar-refractivity contribution < 1.29 is 22.9 Å². The van der Waals surface area contributed by atoms with Crippen molar-refractivity contribution in [2.75, 3.05) is 71.0 Å². The van der Waals surface area contributed by atoms with Crippen LogP contribution in [-0.4, -0.2) is 90.2 Å². The molecule has 1 unspecified atom stereocenters. The molecule has 2 aliphatic rings. The molecule has 0 aliphatic carbocycles. The zero-order valence-corrected chi connectivity index (χ0v) is 20.6. The van der Waals surface area contributed by atoms with Gasteiger partial charge in [0.05, 0.1) is 13.2 Å². The highest BCUT2D eigenvalue weighted by Crippen LogP contribution is 2.32. The Balaban J connectivity index is 1.58. The monoisotopic (exact) mass is 484 g/mol. The second kappa shape index (κ2) is 12.1. The van der Waals surface area contributed by atoms with E-state index in [4.69, 9.17) is 15.2 Å². The zero-order chi connectivity index (χ0) is 23.8. The number of unbranched alkanes of at least 4 members (excludes halogenated alkanes) is 1. The smallest absolute Gasteiger partial charge is 0.237 e. The summed E-state index contributed by atoms with van der Waals surface area (Å²) in [5.41, 5.74) is 6.56. The van der Waals surface area contributed by atoms with E-state index in [1.165, 1.54) is 6.07 Å². The molecule has 3 rings (SSSR count). The lowest BCUT2D eigenvalue weighted by Crippen LogP contribution is -2.60. The Kier molecular flexibility index (Phi) is 9.48. The number of piperazine rings is 1. The molecule has 2 N–H and O–H groups in total. The summed E-state index contributed by atoms with van der Waals surface area (Å²) in [4.78, 5) is 16.7. The number of methoxy groups -OCH3 is 1. The number of benzene rings is 1. The van der Waals surface area contributed by atoms with Gasteiger partial charge in [-0.15, -0.1) is 0 Å². The minimum atomic E-state index is -1.51.